The Labute approximate surface area is 128 Å². The number of nitrogens with zero attached hydrogens (tertiary/aromatic N) is 2. The quantitative estimate of drug-likeness (QED) is 0.920. The fourth-order valence-corrected chi connectivity index (χ4v) is 3.20. The van der Waals surface area contributed by atoms with Crippen molar-refractivity contribution < 1.29 is 4.39 Å². The Bertz CT molecular complexity index is 463. The molecule has 1 fully saturated rings. The van der Waals surface area contributed by atoms with Crippen LogP contribution in [0.1, 0.15) is 38.3 Å². The summed E-state index contributed by atoms with van der Waals surface area (Å²) in [6.45, 7) is 7.56. The lowest BCUT2D eigenvalue weighted by atomic mass is 10.0. The van der Waals surface area contributed by atoms with Gasteiger partial charge in [0, 0.05) is 30.9 Å². The van der Waals surface area contributed by atoms with E-state index < -0.39 is 0 Å². The third kappa shape index (κ3) is 3.74. The molecule has 0 aliphatic carbocycles. The summed E-state index contributed by atoms with van der Waals surface area (Å²) in [4.78, 5) is 4.88. The lowest BCUT2D eigenvalue weighted by Crippen LogP contribution is -2.40. The predicted molar refractivity (Wildman–Crippen MR) is 87.4 cm³/mol. The van der Waals surface area contributed by atoms with Crippen LogP contribution in [0.4, 0.5) is 10.1 Å². The molecule has 2 rings (SSSR count). The standard InChI is InChI=1S/C17H28FN3/c1-5-15-12-20(4)9-6-10-21(15)17-8-7-14(18)11-16(17)13(2)19-3/h7-8,11,13,15,19H,5-6,9-10,12H2,1-4H3. The van der Waals surface area contributed by atoms with Gasteiger partial charge in [-0.05, 0) is 64.2 Å². The van der Waals surface area contributed by atoms with Crippen LogP contribution in [0, 0.1) is 5.82 Å². The monoisotopic (exact) mass is 293 g/mol. The van der Waals surface area contributed by atoms with Crippen LogP contribution in [0.2, 0.25) is 0 Å². The van der Waals surface area contributed by atoms with Crippen molar-refractivity contribution in [2.75, 3.05) is 38.6 Å². The highest BCUT2D eigenvalue weighted by Gasteiger charge is 2.25. The van der Waals surface area contributed by atoms with Crippen LogP contribution in [0.3, 0.4) is 0 Å². The molecule has 0 saturated carbocycles. The number of halogens is 1. The summed E-state index contributed by atoms with van der Waals surface area (Å²) in [6, 6.07) is 5.85. The van der Waals surface area contributed by atoms with E-state index in [2.05, 4.69) is 36.0 Å². The second-order valence-electron chi connectivity index (χ2n) is 6.08. The Morgan fingerprint density at radius 1 is 1.38 bits per heavy atom. The van der Waals surface area contributed by atoms with Crippen LogP contribution in [-0.2, 0) is 0 Å². The Balaban J connectivity index is 2.38. The van der Waals surface area contributed by atoms with E-state index in [0.29, 0.717) is 6.04 Å². The molecule has 1 aliphatic heterocycles. The zero-order valence-corrected chi connectivity index (χ0v) is 13.7. The van der Waals surface area contributed by atoms with Gasteiger partial charge >= 0.3 is 0 Å². The summed E-state index contributed by atoms with van der Waals surface area (Å²) in [5, 5.41) is 3.24. The minimum atomic E-state index is -0.157. The van der Waals surface area contributed by atoms with Crippen molar-refractivity contribution in [1.82, 2.24) is 10.2 Å². The molecule has 2 unspecified atom stereocenters. The molecule has 1 aromatic carbocycles. The van der Waals surface area contributed by atoms with Crippen molar-refractivity contribution in [3.63, 3.8) is 0 Å². The van der Waals surface area contributed by atoms with E-state index in [1.807, 2.05) is 13.1 Å². The Hall–Kier alpha value is -1.13. The second kappa shape index (κ2) is 7.23. The molecule has 21 heavy (non-hydrogen) atoms. The molecule has 0 amide bonds. The molecular weight excluding hydrogens is 265 g/mol. The Kier molecular flexibility index (Phi) is 5.59. The number of anilines is 1. The van der Waals surface area contributed by atoms with Gasteiger partial charge in [0.2, 0.25) is 0 Å². The highest BCUT2D eigenvalue weighted by Crippen LogP contribution is 2.30. The smallest absolute Gasteiger partial charge is 0.123 e. The third-order valence-electron chi connectivity index (χ3n) is 4.57. The number of benzene rings is 1. The van der Waals surface area contributed by atoms with E-state index in [1.54, 1.807) is 12.1 Å². The summed E-state index contributed by atoms with van der Waals surface area (Å²) in [6.07, 6.45) is 2.26. The van der Waals surface area contributed by atoms with Gasteiger partial charge in [0.25, 0.3) is 0 Å². The molecular formula is C17H28FN3. The fourth-order valence-electron chi connectivity index (χ4n) is 3.20. The second-order valence-corrected chi connectivity index (χ2v) is 6.08. The van der Waals surface area contributed by atoms with Gasteiger partial charge in [0.15, 0.2) is 0 Å². The summed E-state index contributed by atoms with van der Waals surface area (Å²) >= 11 is 0. The fraction of sp³-hybridized carbons (Fsp3) is 0.647. The maximum atomic E-state index is 13.7. The normalized spacial score (nSPS) is 22.1. The number of hydrogen-bond donors (Lipinski definition) is 1. The molecule has 4 heteroatoms. The predicted octanol–water partition coefficient (Wildman–Crippen LogP) is 3.03. The van der Waals surface area contributed by atoms with Crippen molar-refractivity contribution in [2.45, 2.75) is 38.8 Å². The summed E-state index contributed by atoms with van der Waals surface area (Å²) in [5.74, 6) is -0.157. The van der Waals surface area contributed by atoms with Gasteiger partial charge in [-0.3, -0.25) is 0 Å². The number of nitrogens with one attached hydrogen (secondary N) is 1. The zero-order chi connectivity index (χ0) is 15.4. The zero-order valence-electron chi connectivity index (χ0n) is 13.7. The van der Waals surface area contributed by atoms with Gasteiger partial charge in [-0.2, -0.15) is 0 Å². The van der Waals surface area contributed by atoms with Gasteiger partial charge in [0.05, 0.1) is 0 Å². The lowest BCUT2D eigenvalue weighted by molar-refractivity contribution is 0.328. The van der Waals surface area contributed by atoms with Crippen molar-refractivity contribution in [3.8, 4) is 0 Å². The molecule has 1 saturated heterocycles. The molecule has 2 atom stereocenters. The van der Waals surface area contributed by atoms with Gasteiger partial charge in [-0.1, -0.05) is 6.92 Å². The van der Waals surface area contributed by atoms with E-state index in [1.165, 1.54) is 5.69 Å². The van der Waals surface area contributed by atoms with E-state index in [4.69, 9.17) is 0 Å². The van der Waals surface area contributed by atoms with E-state index >= 15 is 0 Å². The van der Waals surface area contributed by atoms with Gasteiger partial charge in [0.1, 0.15) is 5.82 Å². The Morgan fingerprint density at radius 3 is 2.81 bits per heavy atom. The summed E-state index contributed by atoms with van der Waals surface area (Å²) in [5.41, 5.74) is 2.24. The van der Waals surface area contributed by atoms with Crippen LogP contribution < -0.4 is 10.2 Å². The van der Waals surface area contributed by atoms with Gasteiger partial charge in [-0.25, -0.2) is 4.39 Å². The van der Waals surface area contributed by atoms with E-state index in [9.17, 15) is 4.39 Å². The number of rotatable bonds is 4. The summed E-state index contributed by atoms with van der Waals surface area (Å²) in [7, 11) is 4.11. The van der Waals surface area contributed by atoms with Crippen LogP contribution in [-0.4, -0.2) is 44.7 Å². The molecule has 1 aliphatic rings. The van der Waals surface area contributed by atoms with Gasteiger partial charge < -0.3 is 15.1 Å². The minimum absolute atomic E-state index is 0.147. The molecule has 1 heterocycles. The highest BCUT2D eigenvalue weighted by atomic mass is 19.1. The SMILES string of the molecule is CCC1CN(C)CCCN1c1ccc(F)cc1C(C)NC. The van der Waals surface area contributed by atoms with Crippen molar-refractivity contribution >= 4 is 5.69 Å². The number of likely N-dealkylation sites (N-methyl/N-ethyl adjacent to an activating group) is 1. The van der Waals surface area contributed by atoms with Gasteiger partial charge in [-0.15, -0.1) is 0 Å². The molecule has 1 aromatic rings. The van der Waals surface area contributed by atoms with Crippen LogP contribution >= 0.6 is 0 Å². The van der Waals surface area contributed by atoms with E-state index in [-0.39, 0.29) is 11.9 Å². The van der Waals surface area contributed by atoms with Crippen LogP contribution in [0.25, 0.3) is 0 Å². The lowest BCUT2D eigenvalue weighted by Gasteiger charge is -2.34. The first-order chi connectivity index (χ1) is 10.1. The molecule has 0 radical (unpaired) electrons. The third-order valence-corrected chi connectivity index (χ3v) is 4.57. The molecule has 0 spiro atoms. The molecule has 0 bridgehead atoms. The van der Waals surface area contributed by atoms with Crippen molar-refractivity contribution in [1.29, 1.82) is 0 Å². The van der Waals surface area contributed by atoms with E-state index in [0.717, 1.165) is 38.0 Å². The molecule has 3 nitrogen and oxygen atoms in total. The average molecular weight is 293 g/mol. The highest BCUT2D eigenvalue weighted by molar-refractivity contribution is 5.56. The minimum Gasteiger partial charge on any atom is -0.367 e. The van der Waals surface area contributed by atoms with Crippen LogP contribution in [0.5, 0.6) is 0 Å². The van der Waals surface area contributed by atoms with Crippen LogP contribution in [0.15, 0.2) is 18.2 Å². The molecule has 118 valence electrons. The first-order valence-corrected chi connectivity index (χ1v) is 7.98. The largest absolute Gasteiger partial charge is 0.367 e. The first kappa shape index (κ1) is 16.2. The average Bonchev–Trinajstić information content (AvgIpc) is 2.67. The Morgan fingerprint density at radius 2 is 2.14 bits per heavy atom. The topological polar surface area (TPSA) is 18.5 Å². The maximum absolute atomic E-state index is 13.7. The maximum Gasteiger partial charge on any atom is 0.123 e. The first-order valence-electron chi connectivity index (χ1n) is 7.98. The molecule has 0 aromatic heterocycles. The number of hydrogen-bond acceptors (Lipinski definition) is 3. The van der Waals surface area contributed by atoms with Crippen molar-refractivity contribution in [3.05, 3.63) is 29.6 Å². The van der Waals surface area contributed by atoms with Crippen molar-refractivity contribution in [2.24, 2.45) is 0 Å². The molecule has 1 N–H and O–H groups in total. The summed E-state index contributed by atoms with van der Waals surface area (Å²) < 4.78 is 13.7.